The number of alkyl halides is 1. The van der Waals surface area contributed by atoms with Crippen LogP contribution in [0.2, 0.25) is 0 Å². The molecule has 0 radical (unpaired) electrons. The molecule has 0 aliphatic rings. The molecule has 0 bridgehead atoms. The number of halogens is 1. The number of benzene rings is 1. The summed E-state index contributed by atoms with van der Waals surface area (Å²) in [5.41, 5.74) is 7.75. The second-order valence-electron chi connectivity index (χ2n) is 9.79. The second kappa shape index (κ2) is 22.6. The first kappa shape index (κ1) is 32.5. The van der Waals surface area contributed by atoms with E-state index in [1.807, 2.05) is 12.1 Å². The van der Waals surface area contributed by atoms with Crippen molar-refractivity contribution in [3.05, 3.63) is 34.9 Å². The highest BCUT2D eigenvalue weighted by molar-refractivity contribution is 9.08. The lowest BCUT2D eigenvalue weighted by Crippen LogP contribution is -2.16. The van der Waals surface area contributed by atoms with Crippen molar-refractivity contribution in [2.75, 3.05) is 13.2 Å². The Bertz CT molecular complexity index is 710. The van der Waals surface area contributed by atoms with Gasteiger partial charge in [0.2, 0.25) is 0 Å². The number of hydrogen-bond acceptors (Lipinski definition) is 4. The van der Waals surface area contributed by atoms with E-state index in [0.29, 0.717) is 17.3 Å². The van der Waals surface area contributed by atoms with Crippen molar-refractivity contribution >= 4 is 28.0 Å². The van der Waals surface area contributed by atoms with Gasteiger partial charge in [-0.05, 0) is 30.0 Å². The van der Waals surface area contributed by atoms with Crippen molar-refractivity contribution in [1.29, 1.82) is 0 Å². The fourth-order valence-electron chi connectivity index (χ4n) is 4.56. The number of amides is 1. The first-order chi connectivity index (χ1) is 17.6. The van der Waals surface area contributed by atoms with Crippen molar-refractivity contribution in [3.63, 3.8) is 0 Å². The van der Waals surface area contributed by atoms with Gasteiger partial charge in [0, 0.05) is 11.8 Å². The molecule has 206 valence electrons. The molecule has 0 aliphatic carbocycles. The normalized spacial score (nSPS) is 10.9. The Morgan fingerprint density at radius 2 is 1.22 bits per heavy atom. The molecular weight excluding hydrogens is 518 g/mol. The predicted octanol–water partition coefficient (Wildman–Crippen LogP) is 9.03. The summed E-state index contributed by atoms with van der Waals surface area (Å²) in [7, 11) is 0. The van der Waals surface area contributed by atoms with Crippen LogP contribution in [0.3, 0.4) is 0 Å². The lowest BCUT2D eigenvalue weighted by molar-refractivity contribution is 0.0475. The van der Waals surface area contributed by atoms with Gasteiger partial charge in [-0.25, -0.2) is 9.59 Å². The van der Waals surface area contributed by atoms with Gasteiger partial charge in [-0.1, -0.05) is 131 Å². The van der Waals surface area contributed by atoms with E-state index in [1.165, 1.54) is 102 Å². The summed E-state index contributed by atoms with van der Waals surface area (Å²) in [6, 6.07) is 5.86. The molecular formula is C30H50BrNO4. The Morgan fingerprint density at radius 1 is 0.722 bits per heavy atom. The van der Waals surface area contributed by atoms with Gasteiger partial charge in [0.15, 0.2) is 0 Å². The van der Waals surface area contributed by atoms with Gasteiger partial charge in [0.1, 0.15) is 0 Å². The number of nitrogens with two attached hydrogens (primary N) is 1. The number of hydrogen-bond donors (Lipinski definition) is 1. The summed E-state index contributed by atoms with van der Waals surface area (Å²) in [5, 5.41) is 0.622. The number of esters is 1. The van der Waals surface area contributed by atoms with Crippen molar-refractivity contribution in [1.82, 2.24) is 0 Å². The Morgan fingerprint density at radius 3 is 1.72 bits per heavy atom. The van der Waals surface area contributed by atoms with Crippen LogP contribution >= 0.6 is 15.9 Å². The number of carbonyl (C=O) groups is 2. The van der Waals surface area contributed by atoms with Crippen molar-refractivity contribution in [2.24, 2.45) is 5.73 Å². The van der Waals surface area contributed by atoms with Gasteiger partial charge in [-0.15, -0.1) is 0 Å². The Kier molecular flexibility index (Phi) is 20.4. The van der Waals surface area contributed by atoms with E-state index in [1.54, 1.807) is 0 Å². The Labute approximate surface area is 228 Å². The molecule has 1 rings (SSSR count). The SMILES string of the molecule is CCCCCCCCCCCCCCCCCCc1cccc(C(=O)OCCCOC(N)=O)c1CBr. The summed E-state index contributed by atoms with van der Waals surface area (Å²) in [5.74, 6) is -0.336. The molecule has 0 atom stereocenters. The van der Waals surface area contributed by atoms with Crippen LogP contribution in [0.4, 0.5) is 4.79 Å². The molecule has 0 heterocycles. The molecule has 0 unspecified atom stereocenters. The van der Waals surface area contributed by atoms with Gasteiger partial charge in [0.25, 0.3) is 0 Å². The van der Waals surface area contributed by atoms with Crippen LogP contribution in [0.5, 0.6) is 0 Å². The number of aryl methyl sites for hydroxylation is 1. The van der Waals surface area contributed by atoms with E-state index in [0.717, 1.165) is 18.4 Å². The van der Waals surface area contributed by atoms with Crippen LogP contribution < -0.4 is 5.73 Å². The average molecular weight is 569 g/mol. The van der Waals surface area contributed by atoms with Crippen LogP contribution in [0.1, 0.15) is 138 Å². The highest BCUT2D eigenvalue weighted by Gasteiger charge is 2.15. The maximum absolute atomic E-state index is 12.5. The van der Waals surface area contributed by atoms with Gasteiger partial charge in [-0.3, -0.25) is 0 Å². The molecule has 0 aromatic heterocycles. The number of unbranched alkanes of at least 4 members (excludes halogenated alkanes) is 15. The first-order valence-corrected chi connectivity index (χ1v) is 15.5. The minimum Gasteiger partial charge on any atom is -0.462 e. The van der Waals surface area contributed by atoms with E-state index in [-0.39, 0.29) is 19.2 Å². The van der Waals surface area contributed by atoms with Gasteiger partial charge < -0.3 is 15.2 Å². The maximum atomic E-state index is 12.5. The fraction of sp³-hybridized carbons (Fsp3) is 0.733. The molecule has 5 nitrogen and oxygen atoms in total. The van der Waals surface area contributed by atoms with E-state index in [9.17, 15) is 9.59 Å². The van der Waals surface area contributed by atoms with Crippen LogP contribution in [-0.4, -0.2) is 25.3 Å². The third kappa shape index (κ3) is 16.2. The zero-order valence-electron chi connectivity index (χ0n) is 22.7. The molecule has 1 aromatic carbocycles. The molecule has 1 aromatic rings. The number of ether oxygens (including phenoxy) is 2. The minimum atomic E-state index is -0.815. The molecule has 36 heavy (non-hydrogen) atoms. The molecule has 1 amide bonds. The average Bonchev–Trinajstić information content (AvgIpc) is 2.87. The van der Waals surface area contributed by atoms with Gasteiger partial charge in [0.05, 0.1) is 18.8 Å². The van der Waals surface area contributed by atoms with Gasteiger partial charge in [-0.2, -0.15) is 0 Å². The van der Waals surface area contributed by atoms with Crippen LogP contribution in [0.25, 0.3) is 0 Å². The van der Waals surface area contributed by atoms with E-state index >= 15 is 0 Å². The monoisotopic (exact) mass is 567 g/mol. The predicted molar refractivity (Wildman–Crippen MR) is 153 cm³/mol. The van der Waals surface area contributed by atoms with Crippen LogP contribution in [0, 0.1) is 0 Å². The van der Waals surface area contributed by atoms with E-state index < -0.39 is 6.09 Å². The topological polar surface area (TPSA) is 78.6 Å². The highest BCUT2D eigenvalue weighted by Crippen LogP contribution is 2.22. The zero-order chi connectivity index (χ0) is 26.3. The third-order valence-electron chi connectivity index (χ3n) is 6.69. The molecule has 0 saturated heterocycles. The summed E-state index contributed by atoms with van der Waals surface area (Å²) in [6.45, 7) is 2.62. The summed E-state index contributed by atoms with van der Waals surface area (Å²) in [4.78, 5) is 23.1. The summed E-state index contributed by atoms with van der Waals surface area (Å²) >= 11 is 3.55. The third-order valence-corrected chi connectivity index (χ3v) is 7.25. The molecule has 0 aliphatic heterocycles. The molecule has 6 heteroatoms. The number of primary amides is 1. The van der Waals surface area contributed by atoms with Crippen molar-refractivity contribution in [3.8, 4) is 0 Å². The lowest BCUT2D eigenvalue weighted by atomic mass is 9.97. The van der Waals surface area contributed by atoms with E-state index in [4.69, 9.17) is 10.5 Å². The van der Waals surface area contributed by atoms with Crippen molar-refractivity contribution < 1.29 is 19.1 Å². The largest absolute Gasteiger partial charge is 0.462 e. The standard InChI is InChI=1S/C30H50BrNO4/c1-2-3-4-5-6-7-8-9-10-11-12-13-14-15-16-17-20-26-21-18-22-27(28(26)25-31)29(33)35-23-19-24-36-30(32)34/h18,21-22H,2-17,19-20,23-25H2,1H3,(H2,32,34). The molecule has 0 fully saturated rings. The Hall–Kier alpha value is -1.56. The summed E-state index contributed by atoms with van der Waals surface area (Å²) < 4.78 is 10.0. The first-order valence-electron chi connectivity index (χ1n) is 14.4. The molecule has 0 saturated carbocycles. The van der Waals surface area contributed by atoms with Gasteiger partial charge >= 0.3 is 12.1 Å². The fourth-order valence-corrected chi connectivity index (χ4v) is 5.22. The van der Waals surface area contributed by atoms with Crippen LogP contribution in [0.15, 0.2) is 18.2 Å². The van der Waals surface area contributed by atoms with Crippen LogP contribution in [-0.2, 0) is 21.2 Å². The zero-order valence-corrected chi connectivity index (χ0v) is 24.3. The smallest absolute Gasteiger partial charge is 0.404 e. The van der Waals surface area contributed by atoms with E-state index in [2.05, 4.69) is 33.7 Å². The highest BCUT2D eigenvalue weighted by atomic mass is 79.9. The molecule has 2 N–H and O–H groups in total. The maximum Gasteiger partial charge on any atom is 0.404 e. The lowest BCUT2D eigenvalue weighted by Gasteiger charge is -2.13. The minimum absolute atomic E-state index is 0.146. The number of rotatable bonds is 23. The number of carbonyl (C=O) groups excluding carboxylic acids is 2. The Balaban J connectivity index is 2.12. The molecule has 0 spiro atoms. The second-order valence-corrected chi connectivity index (χ2v) is 10.3. The van der Waals surface area contributed by atoms with Crippen molar-refractivity contribution in [2.45, 2.75) is 128 Å². The quantitative estimate of drug-likeness (QED) is 0.0812. The summed E-state index contributed by atoms with van der Waals surface area (Å²) in [6.07, 6.45) is 22.4.